The molecule has 0 spiro atoms. The standard InChI is InChI=1S/C13H17BrClNO2/c1-8-5-9(14)6-10(18-4)11(8)16-12(17)13(2,3)7-15/h5-6H,7H2,1-4H3,(H,16,17). The second-order valence-electron chi connectivity index (χ2n) is 4.77. The minimum absolute atomic E-state index is 0.124. The van der Waals surface area contributed by atoms with Gasteiger partial charge in [0.25, 0.3) is 0 Å². The molecule has 0 bridgehead atoms. The number of anilines is 1. The van der Waals surface area contributed by atoms with Crippen LogP contribution in [0.4, 0.5) is 5.69 Å². The van der Waals surface area contributed by atoms with E-state index in [-0.39, 0.29) is 11.8 Å². The minimum atomic E-state index is -0.619. The van der Waals surface area contributed by atoms with Crippen molar-refractivity contribution in [3.63, 3.8) is 0 Å². The molecule has 0 unspecified atom stereocenters. The van der Waals surface area contributed by atoms with E-state index in [0.717, 1.165) is 10.0 Å². The van der Waals surface area contributed by atoms with E-state index < -0.39 is 5.41 Å². The zero-order valence-electron chi connectivity index (χ0n) is 10.9. The van der Waals surface area contributed by atoms with Crippen molar-refractivity contribution in [3.8, 4) is 5.75 Å². The fraction of sp³-hybridized carbons (Fsp3) is 0.462. The van der Waals surface area contributed by atoms with Crippen LogP contribution in [0, 0.1) is 12.3 Å². The number of ether oxygens (including phenoxy) is 1. The van der Waals surface area contributed by atoms with Crippen LogP contribution in [0.1, 0.15) is 19.4 Å². The van der Waals surface area contributed by atoms with E-state index in [9.17, 15) is 4.79 Å². The van der Waals surface area contributed by atoms with Crippen molar-refractivity contribution in [2.45, 2.75) is 20.8 Å². The highest BCUT2D eigenvalue weighted by atomic mass is 79.9. The van der Waals surface area contributed by atoms with Crippen LogP contribution in [-0.4, -0.2) is 18.9 Å². The molecule has 0 radical (unpaired) electrons. The highest BCUT2D eigenvalue weighted by Gasteiger charge is 2.27. The van der Waals surface area contributed by atoms with Crippen LogP contribution in [0.5, 0.6) is 5.75 Å². The van der Waals surface area contributed by atoms with Gasteiger partial charge in [0, 0.05) is 10.4 Å². The summed E-state index contributed by atoms with van der Waals surface area (Å²) in [7, 11) is 1.57. The van der Waals surface area contributed by atoms with E-state index in [2.05, 4.69) is 21.2 Å². The molecular weight excluding hydrogens is 318 g/mol. The molecule has 0 heterocycles. The summed E-state index contributed by atoms with van der Waals surface area (Å²) in [6, 6.07) is 3.74. The number of hydrogen-bond acceptors (Lipinski definition) is 2. The van der Waals surface area contributed by atoms with Crippen LogP contribution < -0.4 is 10.1 Å². The predicted molar refractivity (Wildman–Crippen MR) is 78.6 cm³/mol. The number of carbonyl (C=O) groups is 1. The van der Waals surface area contributed by atoms with Crippen LogP contribution in [0.25, 0.3) is 0 Å². The molecule has 1 N–H and O–H groups in total. The molecular formula is C13H17BrClNO2. The summed E-state index contributed by atoms with van der Waals surface area (Å²) in [5.74, 6) is 0.762. The Morgan fingerprint density at radius 1 is 1.50 bits per heavy atom. The molecule has 18 heavy (non-hydrogen) atoms. The number of alkyl halides is 1. The molecule has 0 fully saturated rings. The molecule has 3 nitrogen and oxygen atoms in total. The van der Waals surface area contributed by atoms with E-state index >= 15 is 0 Å². The Balaban J connectivity index is 3.08. The second-order valence-corrected chi connectivity index (χ2v) is 5.95. The maximum Gasteiger partial charge on any atom is 0.231 e. The largest absolute Gasteiger partial charge is 0.495 e. The minimum Gasteiger partial charge on any atom is -0.495 e. The Labute approximate surface area is 121 Å². The van der Waals surface area contributed by atoms with Gasteiger partial charge in [-0.3, -0.25) is 4.79 Å². The molecule has 0 aliphatic rings. The van der Waals surface area contributed by atoms with Gasteiger partial charge in [-0.2, -0.15) is 0 Å². The summed E-state index contributed by atoms with van der Waals surface area (Å²) in [6.45, 7) is 5.52. The van der Waals surface area contributed by atoms with Crippen LogP contribution in [0.15, 0.2) is 16.6 Å². The lowest BCUT2D eigenvalue weighted by molar-refractivity contribution is -0.122. The van der Waals surface area contributed by atoms with Crippen LogP contribution >= 0.6 is 27.5 Å². The fourth-order valence-corrected chi connectivity index (χ4v) is 2.05. The number of rotatable bonds is 4. The van der Waals surface area contributed by atoms with Crippen molar-refractivity contribution in [2.24, 2.45) is 5.41 Å². The van der Waals surface area contributed by atoms with E-state index in [1.807, 2.05) is 19.1 Å². The van der Waals surface area contributed by atoms with Gasteiger partial charge in [0.1, 0.15) is 5.75 Å². The summed E-state index contributed by atoms with van der Waals surface area (Å²) in [5.41, 5.74) is 0.996. The average Bonchev–Trinajstić information content (AvgIpc) is 2.31. The molecule has 5 heteroatoms. The van der Waals surface area contributed by atoms with E-state index in [0.29, 0.717) is 11.4 Å². The van der Waals surface area contributed by atoms with Crippen LogP contribution in [-0.2, 0) is 4.79 Å². The summed E-state index contributed by atoms with van der Waals surface area (Å²) in [4.78, 5) is 12.1. The Kier molecular flexibility index (Phi) is 5.05. The first-order chi connectivity index (χ1) is 8.31. The highest BCUT2D eigenvalue weighted by Crippen LogP contribution is 2.33. The third kappa shape index (κ3) is 3.39. The van der Waals surface area contributed by atoms with E-state index in [1.165, 1.54) is 0 Å². The lowest BCUT2D eigenvalue weighted by Crippen LogP contribution is -2.32. The smallest absolute Gasteiger partial charge is 0.231 e. The average molecular weight is 335 g/mol. The zero-order chi connectivity index (χ0) is 13.9. The third-order valence-electron chi connectivity index (χ3n) is 2.67. The molecule has 1 rings (SSSR count). The predicted octanol–water partition coefficient (Wildman–Crippen LogP) is 3.97. The first-order valence-electron chi connectivity index (χ1n) is 5.53. The quantitative estimate of drug-likeness (QED) is 0.846. The van der Waals surface area contributed by atoms with Crippen molar-refractivity contribution >= 4 is 39.1 Å². The van der Waals surface area contributed by atoms with Gasteiger partial charge in [0.15, 0.2) is 0 Å². The molecule has 1 amide bonds. The van der Waals surface area contributed by atoms with Gasteiger partial charge in [-0.05, 0) is 38.5 Å². The van der Waals surface area contributed by atoms with Crippen LogP contribution in [0.2, 0.25) is 0 Å². The van der Waals surface area contributed by atoms with Crippen LogP contribution in [0.3, 0.4) is 0 Å². The molecule has 0 saturated heterocycles. The molecule has 0 aliphatic heterocycles. The summed E-state index contributed by atoms with van der Waals surface area (Å²) < 4.78 is 6.19. The Bertz CT molecular complexity index is 461. The summed E-state index contributed by atoms with van der Waals surface area (Å²) in [6.07, 6.45) is 0. The first-order valence-corrected chi connectivity index (χ1v) is 6.86. The number of nitrogens with one attached hydrogen (secondary N) is 1. The molecule has 0 atom stereocenters. The molecule has 0 aliphatic carbocycles. The van der Waals surface area contributed by atoms with Gasteiger partial charge in [-0.1, -0.05) is 15.9 Å². The number of methoxy groups -OCH3 is 1. The maximum absolute atomic E-state index is 12.1. The zero-order valence-corrected chi connectivity index (χ0v) is 13.3. The SMILES string of the molecule is COc1cc(Br)cc(C)c1NC(=O)C(C)(C)CCl. The first kappa shape index (κ1) is 15.3. The topological polar surface area (TPSA) is 38.3 Å². The number of halogens is 2. The van der Waals surface area contributed by atoms with Gasteiger partial charge < -0.3 is 10.1 Å². The third-order valence-corrected chi connectivity index (χ3v) is 3.80. The van der Waals surface area contributed by atoms with Crippen molar-refractivity contribution in [1.82, 2.24) is 0 Å². The van der Waals surface area contributed by atoms with Crippen molar-refractivity contribution in [1.29, 1.82) is 0 Å². The molecule has 1 aromatic rings. The number of amides is 1. The van der Waals surface area contributed by atoms with Gasteiger partial charge in [-0.25, -0.2) is 0 Å². The van der Waals surface area contributed by atoms with E-state index in [1.54, 1.807) is 21.0 Å². The van der Waals surface area contributed by atoms with Crippen molar-refractivity contribution in [2.75, 3.05) is 18.3 Å². The Morgan fingerprint density at radius 2 is 2.11 bits per heavy atom. The van der Waals surface area contributed by atoms with Crippen molar-refractivity contribution in [3.05, 3.63) is 22.2 Å². The van der Waals surface area contributed by atoms with Gasteiger partial charge in [0.2, 0.25) is 5.91 Å². The fourth-order valence-electron chi connectivity index (χ4n) is 1.38. The second kappa shape index (κ2) is 5.93. The van der Waals surface area contributed by atoms with Gasteiger partial charge >= 0.3 is 0 Å². The normalized spacial score (nSPS) is 11.2. The Hall–Kier alpha value is -0.740. The van der Waals surface area contributed by atoms with Crippen molar-refractivity contribution < 1.29 is 9.53 Å². The number of aryl methyl sites for hydroxylation is 1. The van der Waals surface area contributed by atoms with Gasteiger partial charge in [0.05, 0.1) is 18.2 Å². The molecule has 0 aromatic heterocycles. The molecule has 0 saturated carbocycles. The number of hydrogen-bond donors (Lipinski definition) is 1. The highest BCUT2D eigenvalue weighted by molar-refractivity contribution is 9.10. The lowest BCUT2D eigenvalue weighted by Gasteiger charge is -2.22. The van der Waals surface area contributed by atoms with Gasteiger partial charge in [-0.15, -0.1) is 11.6 Å². The Morgan fingerprint density at radius 3 is 2.61 bits per heavy atom. The monoisotopic (exact) mass is 333 g/mol. The lowest BCUT2D eigenvalue weighted by atomic mass is 9.95. The maximum atomic E-state index is 12.1. The van der Waals surface area contributed by atoms with E-state index in [4.69, 9.17) is 16.3 Å². The number of carbonyl (C=O) groups excluding carboxylic acids is 1. The molecule has 100 valence electrons. The number of benzene rings is 1. The molecule has 1 aromatic carbocycles. The summed E-state index contributed by atoms with van der Waals surface area (Å²) >= 11 is 9.19. The summed E-state index contributed by atoms with van der Waals surface area (Å²) in [5, 5.41) is 2.88.